The van der Waals surface area contributed by atoms with Crippen LogP contribution in [0.5, 0.6) is 0 Å². The summed E-state index contributed by atoms with van der Waals surface area (Å²) in [5.74, 6) is 0. The molecule has 0 bridgehead atoms. The summed E-state index contributed by atoms with van der Waals surface area (Å²) >= 11 is 1.82. The van der Waals surface area contributed by atoms with Crippen LogP contribution in [0.2, 0.25) is 0 Å². The van der Waals surface area contributed by atoms with Crippen LogP contribution in [0.1, 0.15) is 30.7 Å². The van der Waals surface area contributed by atoms with E-state index < -0.39 is 0 Å². The molecule has 0 saturated heterocycles. The Bertz CT molecular complexity index is 254. The van der Waals surface area contributed by atoms with Gasteiger partial charge in [0, 0.05) is 30.1 Å². The molecule has 1 aromatic rings. The quantitative estimate of drug-likeness (QED) is 0.703. The smallest absolute Gasteiger partial charge is 0.0386 e. The molecule has 1 heterocycles. The molecule has 1 aromatic heterocycles. The van der Waals surface area contributed by atoms with Gasteiger partial charge in [-0.15, -0.1) is 11.3 Å². The highest BCUT2D eigenvalue weighted by Gasteiger charge is 2.19. The minimum absolute atomic E-state index is 0.496. The normalized spacial score (nSPS) is 18.4. The van der Waals surface area contributed by atoms with Crippen molar-refractivity contribution in [1.29, 1.82) is 0 Å². The molecule has 1 saturated carbocycles. The minimum atomic E-state index is 0.496. The zero-order chi connectivity index (χ0) is 9.80. The molecule has 1 atom stereocenters. The van der Waals surface area contributed by atoms with Gasteiger partial charge in [-0.05, 0) is 31.2 Å². The lowest BCUT2D eigenvalue weighted by molar-refractivity contribution is 0.550. The molecule has 0 aromatic carbocycles. The van der Waals surface area contributed by atoms with Gasteiger partial charge >= 0.3 is 0 Å². The van der Waals surface area contributed by atoms with Crippen molar-refractivity contribution >= 4 is 11.3 Å². The number of thiophene rings is 1. The summed E-state index contributed by atoms with van der Waals surface area (Å²) in [5, 5.41) is 9.15. The Labute approximate surface area is 89.7 Å². The zero-order valence-corrected chi connectivity index (χ0v) is 9.44. The van der Waals surface area contributed by atoms with Crippen molar-refractivity contribution in [2.24, 2.45) is 0 Å². The van der Waals surface area contributed by atoms with Gasteiger partial charge in [-0.3, -0.25) is 0 Å². The third-order valence-corrected chi connectivity index (χ3v) is 3.61. The first kappa shape index (κ1) is 10.1. The summed E-state index contributed by atoms with van der Waals surface area (Å²) in [6.45, 7) is 4.39. The van der Waals surface area contributed by atoms with Gasteiger partial charge in [0.25, 0.3) is 0 Å². The maximum atomic E-state index is 3.52. The van der Waals surface area contributed by atoms with Gasteiger partial charge < -0.3 is 10.6 Å². The van der Waals surface area contributed by atoms with Gasteiger partial charge in [0.1, 0.15) is 0 Å². The Balaban J connectivity index is 1.59. The largest absolute Gasteiger partial charge is 0.313 e. The van der Waals surface area contributed by atoms with E-state index in [2.05, 4.69) is 35.1 Å². The molecule has 2 rings (SSSR count). The van der Waals surface area contributed by atoms with Crippen LogP contribution in [-0.2, 0) is 0 Å². The van der Waals surface area contributed by atoms with Crippen LogP contribution in [0.25, 0.3) is 0 Å². The molecule has 1 aliphatic carbocycles. The van der Waals surface area contributed by atoms with Crippen molar-refractivity contribution < 1.29 is 0 Å². The average Bonchev–Trinajstić information content (AvgIpc) is 2.84. The number of nitrogens with one attached hydrogen (secondary N) is 2. The Morgan fingerprint density at radius 3 is 3.00 bits per heavy atom. The Morgan fingerprint density at radius 2 is 2.36 bits per heavy atom. The maximum Gasteiger partial charge on any atom is 0.0386 e. The highest BCUT2D eigenvalue weighted by atomic mass is 32.1. The van der Waals surface area contributed by atoms with Crippen molar-refractivity contribution in [2.75, 3.05) is 13.1 Å². The van der Waals surface area contributed by atoms with E-state index in [0.717, 1.165) is 19.1 Å². The van der Waals surface area contributed by atoms with Crippen LogP contribution in [0.4, 0.5) is 0 Å². The van der Waals surface area contributed by atoms with Gasteiger partial charge in [0.05, 0.1) is 0 Å². The highest BCUT2D eigenvalue weighted by Crippen LogP contribution is 2.19. The SMILES string of the molecule is CC(NCCNC1CC1)c1cccs1. The lowest BCUT2D eigenvalue weighted by Gasteiger charge is -2.12. The highest BCUT2D eigenvalue weighted by molar-refractivity contribution is 7.10. The fourth-order valence-electron chi connectivity index (χ4n) is 1.49. The molecule has 78 valence electrons. The van der Waals surface area contributed by atoms with E-state index in [1.807, 2.05) is 11.3 Å². The van der Waals surface area contributed by atoms with E-state index in [0.29, 0.717) is 6.04 Å². The molecule has 14 heavy (non-hydrogen) atoms. The topological polar surface area (TPSA) is 24.1 Å². The van der Waals surface area contributed by atoms with Gasteiger partial charge in [0.15, 0.2) is 0 Å². The summed E-state index contributed by atoms with van der Waals surface area (Å²) in [7, 11) is 0. The summed E-state index contributed by atoms with van der Waals surface area (Å²) in [4.78, 5) is 1.43. The van der Waals surface area contributed by atoms with Crippen LogP contribution < -0.4 is 10.6 Å². The number of hydrogen-bond donors (Lipinski definition) is 2. The van der Waals surface area contributed by atoms with Crippen molar-refractivity contribution in [3.8, 4) is 0 Å². The fourth-order valence-corrected chi connectivity index (χ4v) is 2.25. The first-order valence-electron chi connectivity index (χ1n) is 5.36. The predicted molar refractivity (Wildman–Crippen MR) is 61.8 cm³/mol. The summed E-state index contributed by atoms with van der Waals surface area (Å²) in [5.41, 5.74) is 0. The number of hydrogen-bond acceptors (Lipinski definition) is 3. The molecule has 1 unspecified atom stereocenters. The molecule has 1 aliphatic rings. The molecule has 0 radical (unpaired) electrons. The van der Waals surface area contributed by atoms with Crippen molar-refractivity contribution in [3.05, 3.63) is 22.4 Å². The van der Waals surface area contributed by atoms with Crippen LogP contribution in [0, 0.1) is 0 Å². The van der Waals surface area contributed by atoms with Crippen molar-refractivity contribution in [1.82, 2.24) is 10.6 Å². The van der Waals surface area contributed by atoms with Crippen LogP contribution in [0.15, 0.2) is 17.5 Å². The van der Waals surface area contributed by atoms with E-state index in [4.69, 9.17) is 0 Å². The van der Waals surface area contributed by atoms with Gasteiger partial charge in [-0.25, -0.2) is 0 Å². The van der Waals surface area contributed by atoms with Gasteiger partial charge in [0.2, 0.25) is 0 Å². The first-order valence-corrected chi connectivity index (χ1v) is 6.24. The Morgan fingerprint density at radius 1 is 1.50 bits per heavy atom. The lowest BCUT2D eigenvalue weighted by Crippen LogP contribution is -2.29. The van der Waals surface area contributed by atoms with Gasteiger partial charge in [-0.2, -0.15) is 0 Å². The first-order chi connectivity index (χ1) is 6.86. The van der Waals surface area contributed by atoms with Crippen LogP contribution in [-0.4, -0.2) is 19.1 Å². The molecule has 0 aliphatic heterocycles. The molecule has 2 nitrogen and oxygen atoms in total. The Hall–Kier alpha value is -0.380. The molecule has 2 N–H and O–H groups in total. The second-order valence-electron chi connectivity index (χ2n) is 3.92. The second kappa shape index (κ2) is 4.91. The molecule has 3 heteroatoms. The summed E-state index contributed by atoms with van der Waals surface area (Å²) in [6, 6.07) is 5.63. The van der Waals surface area contributed by atoms with Gasteiger partial charge in [-0.1, -0.05) is 6.07 Å². The Kier molecular flexibility index (Phi) is 3.56. The van der Waals surface area contributed by atoms with E-state index in [1.54, 1.807) is 0 Å². The number of rotatable bonds is 6. The lowest BCUT2D eigenvalue weighted by atomic mass is 10.3. The standard InChI is InChI=1S/C11H18N2S/c1-9(11-3-2-8-14-11)12-6-7-13-10-4-5-10/h2-3,8-10,12-13H,4-7H2,1H3. The minimum Gasteiger partial charge on any atom is -0.313 e. The third kappa shape index (κ3) is 3.08. The summed E-state index contributed by atoms with van der Waals surface area (Å²) < 4.78 is 0. The van der Waals surface area contributed by atoms with E-state index >= 15 is 0 Å². The second-order valence-corrected chi connectivity index (χ2v) is 4.90. The molecule has 1 fully saturated rings. The van der Waals surface area contributed by atoms with E-state index in [9.17, 15) is 0 Å². The van der Waals surface area contributed by atoms with Crippen LogP contribution >= 0.6 is 11.3 Å². The van der Waals surface area contributed by atoms with Crippen molar-refractivity contribution in [3.63, 3.8) is 0 Å². The molecular weight excluding hydrogens is 192 g/mol. The average molecular weight is 210 g/mol. The van der Waals surface area contributed by atoms with Crippen LogP contribution in [0.3, 0.4) is 0 Å². The predicted octanol–water partition coefficient (Wildman–Crippen LogP) is 2.15. The third-order valence-electron chi connectivity index (χ3n) is 2.56. The fraction of sp³-hybridized carbons (Fsp3) is 0.636. The zero-order valence-electron chi connectivity index (χ0n) is 8.62. The maximum absolute atomic E-state index is 3.52. The molecule has 0 amide bonds. The summed E-state index contributed by atoms with van der Waals surface area (Å²) in [6.07, 6.45) is 2.75. The van der Waals surface area contributed by atoms with E-state index in [1.165, 1.54) is 17.7 Å². The van der Waals surface area contributed by atoms with Crippen molar-refractivity contribution in [2.45, 2.75) is 31.8 Å². The molecular formula is C11H18N2S. The monoisotopic (exact) mass is 210 g/mol. The molecule has 0 spiro atoms. The van der Waals surface area contributed by atoms with E-state index in [-0.39, 0.29) is 0 Å².